The number of carbonyl (C=O) groups excluding carboxylic acids is 3. The maximum atomic E-state index is 13.4. The Morgan fingerprint density at radius 3 is 2.58 bits per heavy atom. The number of carbonyl (C=O) groups is 3. The zero-order chi connectivity index (χ0) is 24.0. The summed E-state index contributed by atoms with van der Waals surface area (Å²) in [6.07, 6.45) is 2.61. The van der Waals surface area contributed by atoms with Gasteiger partial charge in [-0.25, -0.2) is 0 Å². The summed E-state index contributed by atoms with van der Waals surface area (Å²) in [6, 6.07) is 9.60. The summed E-state index contributed by atoms with van der Waals surface area (Å²) in [5, 5.41) is 3.43. The Hall–Kier alpha value is -2.84. The molecule has 0 aliphatic carbocycles. The van der Waals surface area contributed by atoms with Crippen molar-refractivity contribution in [2.45, 2.75) is 51.2 Å². The minimum absolute atomic E-state index is 0.0585. The number of furan rings is 1. The molecule has 0 spiro atoms. The predicted octanol–water partition coefficient (Wildman–Crippen LogP) is 2.46. The highest BCUT2D eigenvalue weighted by molar-refractivity contribution is 6.30. The zero-order valence-electron chi connectivity index (χ0n) is 19.0. The molecule has 1 aliphatic rings. The molecule has 0 radical (unpaired) electrons. The van der Waals surface area contributed by atoms with Crippen molar-refractivity contribution in [1.29, 1.82) is 0 Å². The first-order valence-corrected chi connectivity index (χ1v) is 11.6. The first-order valence-electron chi connectivity index (χ1n) is 11.2. The Kier molecular flexibility index (Phi) is 8.52. The summed E-state index contributed by atoms with van der Waals surface area (Å²) < 4.78 is 5.30. The van der Waals surface area contributed by atoms with Gasteiger partial charge in [0.15, 0.2) is 5.76 Å². The topological polar surface area (TPSA) is 109 Å². The number of rotatable bonds is 9. The van der Waals surface area contributed by atoms with Gasteiger partial charge in [0.1, 0.15) is 6.04 Å². The summed E-state index contributed by atoms with van der Waals surface area (Å²) in [4.78, 5) is 42.2. The second kappa shape index (κ2) is 11.3. The summed E-state index contributed by atoms with van der Waals surface area (Å²) >= 11 is 5.98. The van der Waals surface area contributed by atoms with Gasteiger partial charge in [0.25, 0.3) is 5.91 Å². The van der Waals surface area contributed by atoms with Crippen molar-refractivity contribution in [3.8, 4) is 0 Å². The van der Waals surface area contributed by atoms with Gasteiger partial charge in [0.05, 0.1) is 12.3 Å². The highest BCUT2D eigenvalue weighted by Gasteiger charge is 2.37. The molecule has 3 amide bonds. The van der Waals surface area contributed by atoms with Gasteiger partial charge >= 0.3 is 0 Å². The van der Waals surface area contributed by atoms with Crippen molar-refractivity contribution < 1.29 is 18.8 Å². The molecule has 0 unspecified atom stereocenters. The van der Waals surface area contributed by atoms with Crippen LogP contribution in [0.4, 0.5) is 0 Å². The largest absolute Gasteiger partial charge is 0.459 e. The first-order chi connectivity index (χ1) is 15.8. The van der Waals surface area contributed by atoms with Crippen LogP contribution in [0, 0.1) is 0 Å². The summed E-state index contributed by atoms with van der Waals surface area (Å²) in [5.41, 5.74) is 6.39. The van der Waals surface area contributed by atoms with Gasteiger partial charge in [-0.15, -0.1) is 0 Å². The van der Waals surface area contributed by atoms with Gasteiger partial charge in [0.2, 0.25) is 11.8 Å². The average Bonchev–Trinajstić information content (AvgIpc) is 3.47. The van der Waals surface area contributed by atoms with Gasteiger partial charge < -0.3 is 25.3 Å². The molecule has 1 aromatic heterocycles. The Morgan fingerprint density at radius 1 is 1.24 bits per heavy atom. The van der Waals surface area contributed by atoms with Gasteiger partial charge in [-0.05, 0) is 50.1 Å². The molecule has 3 N–H and O–H groups in total. The number of hydrogen-bond donors (Lipinski definition) is 2. The second-order valence-corrected chi connectivity index (χ2v) is 8.94. The maximum Gasteiger partial charge on any atom is 0.290 e. The lowest BCUT2D eigenvalue weighted by Crippen LogP contribution is -2.51. The molecular weight excluding hydrogens is 444 g/mol. The van der Waals surface area contributed by atoms with Crippen molar-refractivity contribution >= 4 is 29.3 Å². The van der Waals surface area contributed by atoms with Gasteiger partial charge in [-0.3, -0.25) is 14.4 Å². The molecule has 2 heterocycles. The Morgan fingerprint density at radius 2 is 1.97 bits per heavy atom. The van der Waals surface area contributed by atoms with Crippen LogP contribution in [0.2, 0.25) is 5.02 Å². The molecule has 0 saturated carbocycles. The number of halogens is 1. The van der Waals surface area contributed by atoms with Crippen LogP contribution in [-0.4, -0.2) is 65.3 Å². The second-order valence-electron chi connectivity index (χ2n) is 8.50. The molecule has 3 rings (SSSR count). The quantitative estimate of drug-likeness (QED) is 0.580. The SMILES string of the molecule is CC(C)N(C(=O)c1ccco1)[C@@H]1CCN(C(=O)[C@@H](Cc2ccc(Cl)cc2)NC(=O)CCN)C1. The molecule has 0 bridgehead atoms. The monoisotopic (exact) mass is 474 g/mol. The fourth-order valence-corrected chi connectivity index (χ4v) is 4.32. The van der Waals surface area contributed by atoms with E-state index in [9.17, 15) is 14.4 Å². The highest BCUT2D eigenvalue weighted by atomic mass is 35.5. The van der Waals surface area contributed by atoms with E-state index in [1.165, 1.54) is 6.26 Å². The third-order valence-electron chi connectivity index (χ3n) is 5.75. The normalized spacial score (nSPS) is 16.6. The Labute approximate surface area is 199 Å². The lowest BCUT2D eigenvalue weighted by molar-refractivity contribution is -0.135. The number of likely N-dealkylation sites (tertiary alicyclic amines) is 1. The van der Waals surface area contributed by atoms with Crippen LogP contribution in [0.5, 0.6) is 0 Å². The molecular formula is C24H31ClN4O4. The Balaban J connectivity index is 1.73. The Bertz CT molecular complexity index is 946. The van der Waals surface area contributed by atoms with Crippen molar-refractivity contribution in [2.24, 2.45) is 5.73 Å². The number of amides is 3. The fourth-order valence-electron chi connectivity index (χ4n) is 4.19. The van der Waals surface area contributed by atoms with E-state index >= 15 is 0 Å². The molecule has 33 heavy (non-hydrogen) atoms. The summed E-state index contributed by atoms with van der Waals surface area (Å²) in [5.74, 6) is -0.351. The van der Waals surface area contributed by atoms with Crippen molar-refractivity contribution in [1.82, 2.24) is 15.1 Å². The third kappa shape index (κ3) is 6.36. The van der Waals surface area contributed by atoms with Crippen LogP contribution in [0.1, 0.15) is 42.8 Å². The van der Waals surface area contributed by atoms with E-state index in [2.05, 4.69) is 5.32 Å². The maximum absolute atomic E-state index is 13.4. The van der Waals surface area contributed by atoms with E-state index in [1.807, 2.05) is 26.0 Å². The molecule has 8 nitrogen and oxygen atoms in total. The number of nitrogens with one attached hydrogen (secondary N) is 1. The standard InChI is InChI=1S/C24H31ClN4O4/c1-16(2)29(24(32)21-4-3-13-33-21)19-10-12-28(15-19)23(31)20(27-22(30)9-11-26)14-17-5-7-18(25)8-6-17/h3-8,13,16,19-20H,9-12,14-15,26H2,1-2H3,(H,27,30)/t19-,20-/m1/s1. The van der Waals surface area contributed by atoms with E-state index in [4.69, 9.17) is 21.8 Å². The lowest BCUT2D eigenvalue weighted by atomic mass is 10.0. The van der Waals surface area contributed by atoms with Crippen LogP contribution in [0.15, 0.2) is 47.1 Å². The number of hydrogen-bond acceptors (Lipinski definition) is 5. The van der Waals surface area contributed by atoms with E-state index < -0.39 is 6.04 Å². The van der Waals surface area contributed by atoms with Crippen LogP contribution in [-0.2, 0) is 16.0 Å². The zero-order valence-corrected chi connectivity index (χ0v) is 19.8. The van der Waals surface area contributed by atoms with Gasteiger partial charge in [-0.2, -0.15) is 0 Å². The summed E-state index contributed by atoms with van der Waals surface area (Å²) in [6.45, 7) is 5.00. The first kappa shape index (κ1) is 24.8. The molecule has 1 aliphatic heterocycles. The molecule has 1 saturated heterocycles. The fraction of sp³-hybridized carbons (Fsp3) is 0.458. The minimum Gasteiger partial charge on any atom is -0.459 e. The van der Waals surface area contributed by atoms with Crippen LogP contribution in [0.3, 0.4) is 0 Å². The minimum atomic E-state index is -0.725. The smallest absolute Gasteiger partial charge is 0.290 e. The number of nitrogens with two attached hydrogens (primary N) is 1. The van der Waals surface area contributed by atoms with Crippen molar-refractivity contribution in [3.63, 3.8) is 0 Å². The van der Waals surface area contributed by atoms with Crippen LogP contribution < -0.4 is 11.1 Å². The van der Waals surface area contributed by atoms with Gasteiger partial charge in [-0.1, -0.05) is 23.7 Å². The molecule has 178 valence electrons. The molecule has 2 atom stereocenters. The predicted molar refractivity (Wildman–Crippen MR) is 126 cm³/mol. The molecule has 1 aromatic carbocycles. The van der Waals surface area contributed by atoms with Gasteiger partial charge in [0, 0.05) is 43.5 Å². The van der Waals surface area contributed by atoms with Crippen molar-refractivity contribution in [2.75, 3.05) is 19.6 Å². The molecule has 1 fully saturated rings. The highest BCUT2D eigenvalue weighted by Crippen LogP contribution is 2.22. The van der Waals surface area contributed by atoms with E-state index in [1.54, 1.807) is 34.1 Å². The van der Waals surface area contributed by atoms with Crippen LogP contribution >= 0.6 is 11.6 Å². The number of nitrogens with zero attached hydrogens (tertiary/aromatic N) is 2. The van der Waals surface area contributed by atoms with E-state index in [0.29, 0.717) is 31.0 Å². The van der Waals surface area contributed by atoms with Crippen LogP contribution in [0.25, 0.3) is 0 Å². The van der Waals surface area contributed by atoms with E-state index in [-0.39, 0.29) is 48.5 Å². The van der Waals surface area contributed by atoms with Crippen molar-refractivity contribution in [3.05, 3.63) is 59.0 Å². The molecule has 2 aromatic rings. The summed E-state index contributed by atoms with van der Waals surface area (Å²) in [7, 11) is 0. The molecule has 9 heteroatoms. The van der Waals surface area contributed by atoms with E-state index in [0.717, 1.165) is 5.56 Å². The third-order valence-corrected chi connectivity index (χ3v) is 6.00. The average molecular weight is 475 g/mol. The number of benzene rings is 1. The lowest BCUT2D eigenvalue weighted by Gasteiger charge is -2.32.